The van der Waals surface area contributed by atoms with Gasteiger partial charge in [0.2, 0.25) is 0 Å². The van der Waals surface area contributed by atoms with Gasteiger partial charge in [0.05, 0.1) is 0 Å². The Morgan fingerprint density at radius 3 is 1.61 bits per heavy atom. The van der Waals surface area contributed by atoms with Crippen LogP contribution in [0.5, 0.6) is 0 Å². The van der Waals surface area contributed by atoms with Crippen LogP contribution in [0.4, 0.5) is 52.7 Å². The second-order valence-electron chi connectivity index (χ2n) is 4.29. The smallest absolute Gasteiger partial charge is 0.460 e. The van der Waals surface area contributed by atoms with E-state index in [0.29, 0.717) is 0 Å². The van der Waals surface area contributed by atoms with Crippen molar-refractivity contribution < 1.29 is 67.3 Å². The molecule has 2 atom stereocenters. The van der Waals surface area contributed by atoms with Gasteiger partial charge in [0.25, 0.3) is 0 Å². The number of carboxylic acid groups (broad SMARTS) is 1. The van der Waals surface area contributed by atoms with Crippen LogP contribution < -0.4 is 0 Å². The van der Waals surface area contributed by atoms with Crippen LogP contribution in [0.3, 0.4) is 0 Å². The van der Waals surface area contributed by atoms with Crippen molar-refractivity contribution in [1.29, 1.82) is 0 Å². The van der Waals surface area contributed by atoms with Crippen molar-refractivity contribution in [3.05, 3.63) is 0 Å². The van der Waals surface area contributed by atoms with Crippen LogP contribution >= 0.6 is 0 Å². The first-order chi connectivity index (χ1) is 9.78. The zero-order valence-electron chi connectivity index (χ0n) is 9.88. The topological polar surface area (TPSA) is 49.8 Å². The lowest BCUT2D eigenvalue weighted by Gasteiger charge is -2.30. The summed E-state index contributed by atoms with van der Waals surface area (Å²) in [5.41, 5.74) is 0. The molecule has 0 spiro atoms. The molecule has 1 heterocycles. The van der Waals surface area contributed by atoms with E-state index in [1.807, 2.05) is 0 Å². The molecule has 23 heavy (non-hydrogen) atoms. The van der Waals surface area contributed by atoms with Gasteiger partial charge in [-0.25, -0.2) is 9.18 Å². The summed E-state index contributed by atoms with van der Waals surface area (Å²) in [6, 6.07) is 0. The van der Waals surface area contributed by atoms with E-state index in [1.165, 1.54) is 0 Å². The number of carbonyl (C=O) groups is 1. The Kier molecular flexibility index (Phi) is 3.90. The Morgan fingerprint density at radius 2 is 1.30 bits per heavy atom. The minimum atomic E-state index is -7.27. The highest BCUT2D eigenvalue weighted by atomic mass is 19.4. The highest BCUT2D eigenvalue weighted by molar-refractivity contribution is 5.77. The number of carboxylic acids is 1. The zero-order valence-corrected chi connectivity index (χ0v) is 9.88. The lowest BCUT2D eigenvalue weighted by molar-refractivity contribution is -0.378. The number of hydrogen-bond donors (Lipinski definition) is 1. The first-order valence-corrected chi connectivity index (χ1v) is 4.96. The van der Waals surface area contributed by atoms with E-state index in [0.717, 1.165) is 0 Å². The van der Waals surface area contributed by atoms with Gasteiger partial charge < -0.3 is 9.84 Å². The van der Waals surface area contributed by atoms with Crippen LogP contribution in [-0.2, 0) is 9.53 Å². The molecule has 0 bridgehead atoms. The van der Waals surface area contributed by atoms with Gasteiger partial charge in [-0.1, -0.05) is 0 Å². The van der Waals surface area contributed by atoms with Crippen molar-refractivity contribution in [2.75, 3.05) is 0 Å². The molecule has 1 saturated heterocycles. The maximum absolute atomic E-state index is 13.3. The molecule has 1 rings (SSSR count). The molecule has 0 aromatic rings. The van der Waals surface area contributed by atoms with Crippen LogP contribution in [0.15, 0.2) is 0 Å². The second-order valence-corrected chi connectivity index (χ2v) is 4.29. The lowest BCUT2D eigenvalue weighted by Crippen LogP contribution is -2.61. The third-order valence-electron chi connectivity index (χ3n) is 2.76. The monoisotopic (exact) mass is 374 g/mol. The Balaban J connectivity index is 3.26. The Labute approximate surface area is 116 Å². The average Bonchev–Trinajstić information content (AvgIpc) is 3.02. The summed E-state index contributed by atoms with van der Waals surface area (Å²) in [7, 11) is 0. The summed E-state index contributed by atoms with van der Waals surface area (Å²) in [6.45, 7) is 0. The first kappa shape index (κ1) is 19.6. The van der Waals surface area contributed by atoms with Crippen molar-refractivity contribution >= 4 is 5.97 Å². The lowest BCUT2D eigenvalue weighted by atomic mass is 9.97. The molecule has 0 aromatic carbocycles. The van der Waals surface area contributed by atoms with Crippen LogP contribution in [-0.4, -0.2) is 52.9 Å². The Bertz CT molecular complexity index is 511. The molecule has 1 fully saturated rings. The molecule has 136 valence electrons. The van der Waals surface area contributed by atoms with Crippen molar-refractivity contribution in [2.24, 2.45) is 0 Å². The summed E-state index contributed by atoms with van der Waals surface area (Å²) in [5, 5.41) is 7.79. The highest BCUT2D eigenvalue weighted by Gasteiger charge is 2.94. The van der Waals surface area contributed by atoms with Gasteiger partial charge in [0.15, 0.2) is 6.10 Å². The van der Waals surface area contributed by atoms with Gasteiger partial charge in [-0.2, -0.15) is 48.3 Å². The fraction of sp³-hybridized carbons (Fsp3) is 0.875. The van der Waals surface area contributed by atoms with Crippen LogP contribution in [0, 0.1) is 0 Å². The summed E-state index contributed by atoms with van der Waals surface area (Å²) < 4.78 is 153. The SMILES string of the molecule is O=C(O)C(F)(F)C(F)(F)C1OC1(F)C(F)(F)C(F)(F)C(F)(F)F. The third-order valence-corrected chi connectivity index (χ3v) is 2.76. The molecule has 3 nitrogen and oxygen atoms in total. The number of alkyl halides is 12. The molecule has 0 amide bonds. The fourth-order valence-corrected chi connectivity index (χ4v) is 1.38. The van der Waals surface area contributed by atoms with E-state index in [-0.39, 0.29) is 0 Å². The zero-order chi connectivity index (χ0) is 18.9. The molecule has 0 radical (unpaired) electrons. The Hall–Kier alpha value is -1.41. The number of ether oxygens (including phenoxy) is 1. The minimum Gasteiger partial charge on any atom is -0.477 e. The van der Waals surface area contributed by atoms with Crippen LogP contribution in [0.1, 0.15) is 0 Å². The van der Waals surface area contributed by atoms with Gasteiger partial charge in [-0.15, -0.1) is 0 Å². The Morgan fingerprint density at radius 1 is 0.913 bits per heavy atom. The van der Waals surface area contributed by atoms with E-state index in [1.54, 1.807) is 0 Å². The maximum Gasteiger partial charge on any atom is 0.460 e. The maximum atomic E-state index is 13.3. The van der Waals surface area contributed by atoms with Gasteiger partial charge in [0, 0.05) is 0 Å². The summed E-state index contributed by atoms with van der Waals surface area (Å²) in [5.74, 6) is -36.5. The normalized spacial score (nSPS) is 27.0. The van der Waals surface area contributed by atoms with Gasteiger partial charge >= 0.3 is 41.7 Å². The molecule has 0 saturated carbocycles. The molecular weight excluding hydrogens is 372 g/mol. The number of epoxide rings is 1. The number of rotatable bonds is 5. The summed E-state index contributed by atoms with van der Waals surface area (Å²) in [6.07, 6.45) is -11.7. The summed E-state index contributed by atoms with van der Waals surface area (Å²) in [4.78, 5) is 9.89. The van der Waals surface area contributed by atoms with Crippen molar-refractivity contribution in [3.8, 4) is 0 Å². The standard InChI is InChI=1S/C8H2F12O3/c9-3(10,4(11,12)2(21)22)1-5(13,23-1)6(14,15)7(16,17)8(18,19)20/h1H,(H,21,22). The third kappa shape index (κ3) is 2.30. The van der Waals surface area contributed by atoms with E-state index < -0.39 is 47.8 Å². The van der Waals surface area contributed by atoms with Crippen molar-refractivity contribution in [1.82, 2.24) is 0 Å². The van der Waals surface area contributed by atoms with Crippen molar-refractivity contribution in [3.63, 3.8) is 0 Å². The van der Waals surface area contributed by atoms with E-state index in [9.17, 15) is 57.5 Å². The molecule has 1 aliphatic heterocycles. The largest absolute Gasteiger partial charge is 0.477 e. The molecule has 0 aromatic heterocycles. The first-order valence-electron chi connectivity index (χ1n) is 4.96. The number of halogens is 12. The predicted molar refractivity (Wildman–Crippen MR) is 42.2 cm³/mol. The summed E-state index contributed by atoms with van der Waals surface area (Å²) >= 11 is 0. The van der Waals surface area contributed by atoms with E-state index in [4.69, 9.17) is 5.11 Å². The molecular formula is C8H2F12O3. The molecule has 1 N–H and O–H groups in total. The van der Waals surface area contributed by atoms with Crippen LogP contribution in [0.2, 0.25) is 0 Å². The minimum absolute atomic E-state index is 2.66. The van der Waals surface area contributed by atoms with E-state index in [2.05, 4.69) is 4.74 Å². The van der Waals surface area contributed by atoms with Crippen molar-refractivity contribution in [2.45, 2.75) is 41.8 Å². The molecule has 1 aliphatic rings. The van der Waals surface area contributed by atoms with Gasteiger partial charge in [-0.05, 0) is 0 Å². The molecule has 0 aliphatic carbocycles. The molecule has 15 heteroatoms. The van der Waals surface area contributed by atoms with Gasteiger partial charge in [0.1, 0.15) is 0 Å². The second kappa shape index (κ2) is 4.57. The van der Waals surface area contributed by atoms with E-state index >= 15 is 0 Å². The predicted octanol–water partition coefficient (Wildman–Crippen LogP) is 3.24. The molecule has 2 unspecified atom stereocenters. The number of aliphatic carboxylic acids is 1. The average molecular weight is 374 g/mol. The quantitative estimate of drug-likeness (QED) is 0.594. The van der Waals surface area contributed by atoms with Gasteiger partial charge in [-0.3, -0.25) is 0 Å². The van der Waals surface area contributed by atoms with Crippen LogP contribution in [0.25, 0.3) is 0 Å². The number of hydrogen-bond acceptors (Lipinski definition) is 2. The fourth-order valence-electron chi connectivity index (χ4n) is 1.38. The highest BCUT2D eigenvalue weighted by Crippen LogP contribution is 2.64.